The SMILES string of the molecule is CCCCOC(=O)NCC(=O)Nc1cccc([C@@]2(O)O[C@H]([C@H](C)OC(=O)c3ccccc3)[C@@H](OC(=O)c3ccccc3)[C@H](OC(=O)c3ccccc3)[C@H]2OC(=O)c2ccccc2)c1Cc1ccc(CC)cc1. The average molecular weight is 977 g/mol. The van der Waals surface area contributed by atoms with Gasteiger partial charge < -0.3 is 44.2 Å². The number of alkyl carbamates (subject to hydrolysis) is 1. The van der Waals surface area contributed by atoms with Crippen LogP contribution in [0.4, 0.5) is 10.5 Å². The zero-order valence-electron chi connectivity index (χ0n) is 40.1. The molecule has 15 nitrogen and oxygen atoms in total. The van der Waals surface area contributed by atoms with Crippen LogP contribution in [0.15, 0.2) is 164 Å². The molecule has 72 heavy (non-hydrogen) atoms. The topological polar surface area (TPSA) is 202 Å². The van der Waals surface area contributed by atoms with Crippen molar-refractivity contribution in [3.05, 3.63) is 208 Å². The molecule has 0 radical (unpaired) electrons. The summed E-state index contributed by atoms with van der Waals surface area (Å²) in [6.45, 7) is 5.09. The van der Waals surface area contributed by atoms with Gasteiger partial charge in [-0.25, -0.2) is 24.0 Å². The predicted molar refractivity (Wildman–Crippen MR) is 265 cm³/mol. The molecule has 6 aromatic carbocycles. The van der Waals surface area contributed by atoms with Crippen LogP contribution in [0.1, 0.15) is 97.3 Å². The van der Waals surface area contributed by atoms with Crippen molar-refractivity contribution < 1.29 is 62.3 Å². The molecule has 6 aromatic rings. The minimum atomic E-state index is -2.89. The van der Waals surface area contributed by atoms with E-state index in [1.807, 2.05) is 38.1 Å². The number of rotatable bonds is 19. The highest BCUT2D eigenvalue weighted by molar-refractivity contribution is 5.95. The Kier molecular flexibility index (Phi) is 17.7. The molecular formula is C57H56N2O13. The lowest BCUT2D eigenvalue weighted by atomic mass is 9.82. The third-order valence-corrected chi connectivity index (χ3v) is 11.9. The molecule has 1 saturated heterocycles. The van der Waals surface area contributed by atoms with Gasteiger partial charge in [-0.3, -0.25) is 4.79 Å². The molecule has 0 spiro atoms. The molecule has 7 rings (SSSR count). The molecule has 0 saturated carbocycles. The van der Waals surface area contributed by atoms with Gasteiger partial charge >= 0.3 is 30.0 Å². The van der Waals surface area contributed by atoms with Crippen molar-refractivity contribution in [3.8, 4) is 0 Å². The van der Waals surface area contributed by atoms with E-state index in [-0.39, 0.29) is 52.1 Å². The fraction of sp³-hybridized carbons (Fsp3) is 0.263. The Morgan fingerprint density at radius 3 is 1.64 bits per heavy atom. The summed E-state index contributed by atoms with van der Waals surface area (Å²) < 4.78 is 36.9. The predicted octanol–water partition coefficient (Wildman–Crippen LogP) is 8.77. The number of esters is 4. The van der Waals surface area contributed by atoms with Crippen LogP contribution in [0.3, 0.4) is 0 Å². The van der Waals surface area contributed by atoms with Crippen molar-refractivity contribution in [2.24, 2.45) is 0 Å². The van der Waals surface area contributed by atoms with Gasteiger partial charge in [0.05, 0.1) is 28.9 Å². The highest BCUT2D eigenvalue weighted by atomic mass is 16.7. The van der Waals surface area contributed by atoms with E-state index in [0.29, 0.717) is 12.0 Å². The largest absolute Gasteiger partial charge is 0.456 e. The number of ether oxygens (including phenoxy) is 6. The van der Waals surface area contributed by atoms with Crippen LogP contribution in [0.25, 0.3) is 0 Å². The van der Waals surface area contributed by atoms with Crippen LogP contribution in [-0.4, -0.2) is 84.7 Å². The molecule has 0 aliphatic carbocycles. The third-order valence-electron chi connectivity index (χ3n) is 11.9. The number of amides is 2. The van der Waals surface area contributed by atoms with E-state index >= 15 is 0 Å². The summed E-state index contributed by atoms with van der Waals surface area (Å²) >= 11 is 0. The van der Waals surface area contributed by atoms with E-state index in [0.717, 1.165) is 18.4 Å². The minimum Gasteiger partial charge on any atom is -0.456 e. The number of carbonyl (C=O) groups excluding carboxylic acids is 6. The first kappa shape index (κ1) is 51.7. The van der Waals surface area contributed by atoms with Gasteiger partial charge in [-0.2, -0.15) is 0 Å². The van der Waals surface area contributed by atoms with Gasteiger partial charge in [0.1, 0.15) is 18.8 Å². The van der Waals surface area contributed by atoms with Crippen LogP contribution < -0.4 is 10.6 Å². The van der Waals surface area contributed by atoms with Crippen molar-refractivity contribution in [2.45, 2.75) is 82.8 Å². The second-order valence-corrected chi connectivity index (χ2v) is 17.0. The Bertz CT molecular complexity index is 2790. The second kappa shape index (κ2) is 24.6. The number of nitrogens with one attached hydrogen (secondary N) is 2. The molecule has 1 fully saturated rings. The average Bonchev–Trinajstić information content (AvgIpc) is 3.41. The highest BCUT2D eigenvalue weighted by Gasteiger charge is 2.62. The van der Waals surface area contributed by atoms with E-state index < -0.39 is 78.7 Å². The Labute approximate surface area is 417 Å². The van der Waals surface area contributed by atoms with Gasteiger partial charge in [-0.1, -0.05) is 129 Å². The maximum Gasteiger partial charge on any atom is 0.407 e. The molecule has 2 amide bonds. The van der Waals surface area contributed by atoms with E-state index in [9.17, 15) is 33.9 Å². The maximum absolute atomic E-state index is 14.5. The van der Waals surface area contributed by atoms with Crippen molar-refractivity contribution >= 4 is 41.6 Å². The molecule has 372 valence electrons. The van der Waals surface area contributed by atoms with Gasteiger partial charge in [0.15, 0.2) is 12.2 Å². The molecule has 0 aromatic heterocycles. The van der Waals surface area contributed by atoms with Crippen molar-refractivity contribution in [1.82, 2.24) is 5.32 Å². The van der Waals surface area contributed by atoms with Gasteiger partial charge in [0.2, 0.25) is 17.8 Å². The Hall–Kier alpha value is -8.14. The zero-order chi connectivity index (χ0) is 51.0. The minimum absolute atomic E-state index is 0.0113. The van der Waals surface area contributed by atoms with Crippen LogP contribution >= 0.6 is 0 Å². The molecule has 15 heteroatoms. The normalized spacial score (nSPS) is 18.6. The first-order chi connectivity index (χ1) is 34.9. The molecule has 1 aliphatic rings. The van der Waals surface area contributed by atoms with E-state index in [1.54, 1.807) is 78.9 Å². The summed E-state index contributed by atoms with van der Waals surface area (Å²) in [5, 5.41) is 19.1. The summed E-state index contributed by atoms with van der Waals surface area (Å²) in [7, 11) is 0. The molecule has 3 N–H and O–H groups in total. The number of carbonyl (C=O) groups is 6. The number of benzene rings is 6. The number of aryl methyl sites for hydroxylation is 1. The van der Waals surface area contributed by atoms with Gasteiger partial charge in [0, 0.05) is 11.3 Å². The van der Waals surface area contributed by atoms with Crippen LogP contribution in [-0.2, 0) is 51.8 Å². The van der Waals surface area contributed by atoms with Gasteiger partial charge in [0.25, 0.3) is 0 Å². The van der Waals surface area contributed by atoms with Crippen molar-refractivity contribution in [3.63, 3.8) is 0 Å². The monoisotopic (exact) mass is 976 g/mol. The second-order valence-electron chi connectivity index (χ2n) is 17.0. The Morgan fingerprint density at radius 1 is 0.611 bits per heavy atom. The Balaban J connectivity index is 1.42. The number of aliphatic hydroxyl groups is 1. The van der Waals surface area contributed by atoms with Crippen LogP contribution in [0.2, 0.25) is 0 Å². The first-order valence-electron chi connectivity index (χ1n) is 23.7. The molecule has 0 bridgehead atoms. The summed E-state index contributed by atoms with van der Waals surface area (Å²) in [6, 6.07) is 43.9. The number of hydrogen-bond acceptors (Lipinski definition) is 13. The zero-order valence-corrected chi connectivity index (χ0v) is 40.1. The molecule has 6 atom stereocenters. The van der Waals surface area contributed by atoms with E-state index in [1.165, 1.54) is 67.6 Å². The molecule has 1 heterocycles. The molecule has 1 aliphatic heterocycles. The quantitative estimate of drug-likeness (QED) is 0.0395. The smallest absolute Gasteiger partial charge is 0.407 e. The lowest BCUT2D eigenvalue weighted by Gasteiger charge is -2.50. The lowest BCUT2D eigenvalue weighted by Crippen LogP contribution is -2.68. The van der Waals surface area contributed by atoms with Crippen molar-refractivity contribution in [1.29, 1.82) is 0 Å². The van der Waals surface area contributed by atoms with Gasteiger partial charge in [-0.15, -0.1) is 0 Å². The fourth-order valence-electron chi connectivity index (χ4n) is 8.11. The third kappa shape index (κ3) is 13.0. The molecular weight excluding hydrogens is 921 g/mol. The summed E-state index contributed by atoms with van der Waals surface area (Å²) in [5.41, 5.74) is 2.41. The number of anilines is 1. The summed E-state index contributed by atoms with van der Waals surface area (Å²) in [6.07, 6.45) is -7.45. The lowest BCUT2D eigenvalue weighted by molar-refractivity contribution is -0.360. The number of unbranched alkanes of at least 4 members (excludes halogenated alkanes) is 1. The van der Waals surface area contributed by atoms with E-state index in [4.69, 9.17) is 28.4 Å². The van der Waals surface area contributed by atoms with E-state index in [2.05, 4.69) is 10.6 Å². The summed E-state index contributed by atoms with van der Waals surface area (Å²) in [4.78, 5) is 83.1. The Morgan fingerprint density at radius 2 is 1.11 bits per heavy atom. The van der Waals surface area contributed by atoms with Crippen molar-refractivity contribution in [2.75, 3.05) is 18.5 Å². The van der Waals surface area contributed by atoms with Crippen LogP contribution in [0.5, 0.6) is 0 Å². The highest BCUT2D eigenvalue weighted by Crippen LogP contribution is 2.45. The maximum atomic E-state index is 14.5. The number of hydrogen-bond donors (Lipinski definition) is 3. The summed E-state index contributed by atoms with van der Waals surface area (Å²) in [5.74, 6) is -7.22. The standard InChI is InChI=1S/C57H56N2O13/c1-4-6-34-67-56(65)58-36-47(60)59-46-29-19-28-45(44(46)35-39-32-30-38(5-2)31-33-39)57(66)51(71-55(64)43-26-17-10-18-27-43)50(70-54(63)42-24-15-9-16-25-42)49(69-53(62)41-22-13-8-14-23-41)48(72-57)37(3)68-52(61)40-20-11-7-12-21-40/h7-33,37,48-51,66H,4-6,34-36H2,1-3H3,(H,58,65)(H,59,60)/t37-,48+,49+,50-,51+,57+/m0/s1. The van der Waals surface area contributed by atoms with Gasteiger partial charge in [-0.05, 0) is 97.5 Å². The first-order valence-corrected chi connectivity index (χ1v) is 23.7. The molecule has 0 unspecified atom stereocenters. The fourth-order valence-corrected chi connectivity index (χ4v) is 8.11. The van der Waals surface area contributed by atoms with Crippen LogP contribution in [0, 0.1) is 0 Å².